The van der Waals surface area contributed by atoms with Crippen LogP contribution in [-0.2, 0) is 0 Å². The van der Waals surface area contributed by atoms with Gasteiger partial charge >= 0.3 is 6.61 Å². The second-order valence-corrected chi connectivity index (χ2v) is 5.37. The Morgan fingerprint density at radius 2 is 1.76 bits per heavy atom. The van der Waals surface area contributed by atoms with E-state index in [-0.39, 0.29) is 11.8 Å². The van der Waals surface area contributed by atoms with E-state index in [0.29, 0.717) is 12.1 Å². The van der Waals surface area contributed by atoms with Crippen molar-refractivity contribution in [3.63, 3.8) is 0 Å². The second-order valence-electron chi connectivity index (χ2n) is 4.46. The summed E-state index contributed by atoms with van der Waals surface area (Å²) in [5.74, 6) is 0.196. The van der Waals surface area contributed by atoms with Crippen molar-refractivity contribution < 1.29 is 13.5 Å². The quantitative estimate of drug-likeness (QED) is 0.807. The summed E-state index contributed by atoms with van der Waals surface area (Å²) in [7, 11) is 0. The van der Waals surface area contributed by atoms with Gasteiger partial charge in [0.1, 0.15) is 5.75 Å². The van der Waals surface area contributed by atoms with Crippen LogP contribution in [0.4, 0.5) is 8.78 Å². The molecule has 2 nitrogen and oxygen atoms in total. The van der Waals surface area contributed by atoms with Gasteiger partial charge in [0.2, 0.25) is 0 Å². The minimum Gasteiger partial charge on any atom is -0.434 e. The fourth-order valence-electron chi connectivity index (χ4n) is 2.19. The number of ether oxygens (including phenoxy) is 1. The Morgan fingerprint density at radius 1 is 1.10 bits per heavy atom. The molecule has 0 saturated carbocycles. The molecule has 0 radical (unpaired) electrons. The van der Waals surface area contributed by atoms with Crippen molar-refractivity contribution in [1.29, 1.82) is 0 Å². The van der Waals surface area contributed by atoms with Crippen LogP contribution in [0.5, 0.6) is 5.75 Å². The Bertz CT molecular complexity index is 575. The highest BCUT2D eigenvalue weighted by Crippen LogP contribution is 2.31. The lowest BCUT2D eigenvalue weighted by molar-refractivity contribution is -0.0506. The lowest BCUT2D eigenvalue weighted by Crippen LogP contribution is -2.23. The summed E-state index contributed by atoms with van der Waals surface area (Å²) in [6.45, 7) is -0.148. The number of halogens is 3. The lowest BCUT2D eigenvalue weighted by atomic mass is 9.98. The van der Waals surface area contributed by atoms with E-state index >= 15 is 0 Å². The van der Waals surface area contributed by atoms with Crippen molar-refractivity contribution in [3.05, 3.63) is 64.1 Å². The molecule has 0 amide bonds. The van der Waals surface area contributed by atoms with Gasteiger partial charge in [0.15, 0.2) is 0 Å². The van der Waals surface area contributed by atoms with Crippen LogP contribution in [0.1, 0.15) is 24.1 Å². The molecular formula is C16H16BrF2NO. The van der Waals surface area contributed by atoms with Crippen LogP contribution in [0, 0.1) is 0 Å². The maximum atomic E-state index is 12.6. The molecule has 2 rings (SSSR count). The fourth-order valence-corrected chi connectivity index (χ4v) is 2.45. The van der Waals surface area contributed by atoms with E-state index in [1.807, 2.05) is 37.3 Å². The monoisotopic (exact) mass is 355 g/mol. The number of benzene rings is 2. The lowest BCUT2D eigenvalue weighted by Gasteiger charge is -2.21. The number of para-hydroxylation sites is 1. The average Bonchev–Trinajstić information content (AvgIpc) is 2.46. The smallest absolute Gasteiger partial charge is 0.387 e. The zero-order valence-electron chi connectivity index (χ0n) is 11.5. The first-order valence-corrected chi connectivity index (χ1v) is 7.43. The summed E-state index contributed by atoms with van der Waals surface area (Å²) in [5.41, 5.74) is 1.69. The molecule has 0 aliphatic rings. The molecule has 0 aliphatic carbocycles. The zero-order chi connectivity index (χ0) is 15.2. The molecule has 1 unspecified atom stereocenters. The molecule has 21 heavy (non-hydrogen) atoms. The van der Waals surface area contributed by atoms with Crippen molar-refractivity contribution in [2.24, 2.45) is 0 Å². The van der Waals surface area contributed by atoms with Gasteiger partial charge in [-0.15, -0.1) is 0 Å². The Morgan fingerprint density at radius 3 is 2.38 bits per heavy atom. The van der Waals surface area contributed by atoms with E-state index in [1.165, 1.54) is 0 Å². The van der Waals surface area contributed by atoms with E-state index in [1.54, 1.807) is 18.2 Å². The molecule has 5 heteroatoms. The third-order valence-electron chi connectivity index (χ3n) is 3.06. The first-order chi connectivity index (χ1) is 10.1. The van der Waals surface area contributed by atoms with E-state index in [4.69, 9.17) is 0 Å². The topological polar surface area (TPSA) is 21.3 Å². The molecule has 0 aliphatic heterocycles. The largest absolute Gasteiger partial charge is 0.434 e. The van der Waals surface area contributed by atoms with Crippen LogP contribution in [0.3, 0.4) is 0 Å². The fraction of sp³-hybridized carbons (Fsp3) is 0.250. The van der Waals surface area contributed by atoms with Gasteiger partial charge in [0.05, 0.1) is 6.04 Å². The Balaban J connectivity index is 2.40. The number of rotatable bonds is 6. The summed E-state index contributed by atoms with van der Waals surface area (Å²) >= 11 is 3.39. The van der Waals surface area contributed by atoms with E-state index < -0.39 is 6.61 Å². The molecule has 0 fully saturated rings. The summed E-state index contributed by atoms with van der Waals surface area (Å²) in [5, 5.41) is 3.31. The number of nitrogens with one attached hydrogen (secondary N) is 1. The summed E-state index contributed by atoms with van der Waals surface area (Å²) in [6, 6.07) is 14.4. The van der Waals surface area contributed by atoms with Gasteiger partial charge in [-0.3, -0.25) is 0 Å². The van der Waals surface area contributed by atoms with Gasteiger partial charge in [-0.2, -0.15) is 8.78 Å². The van der Waals surface area contributed by atoms with Crippen molar-refractivity contribution in [2.75, 3.05) is 6.54 Å². The Labute approximate surface area is 131 Å². The summed E-state index contributed by atoms with van der Waals surface area (Å²) in [6.07, 6.45) is 0. The third kappa shape index (κ3) is 4.25. The minimum atomic E-state index is -2.83. The zero-order valence-corrected chi connectivity index (χ0v) is 13.1. The van der Waals surface area contributed by atoms with E-state index in [9.17, 15) is 8.78 Å². The highest BCUT2D eigenvalue weighted by molar-refractivity contribution is 9.10. The van der Waals surface area contributed by atoms with Crippen molar-refractivity contribution in [3.8, 4) is 5.75 Å². The second kappa shape index (κ2) is 7.52. The van der Waals surface area contributed by atoms with Crippen LogP contribution in [0.2, 0.25) is 0 Å². The third-order valence-corrected chi connectivity index (χ3v) is 3.59. The maximum Gasteiger partial charge on any atom is 0.387 e. The number of alkyl halides is 2. The Kier molecular flexibility index (Phi) is 5.70. The molecule has 0 saturated heterocycles. The average molecular weight is 356 g/mol. The van der Waals surface area contributed by atoms with E-state index in [2.05, 4.69) is 26.0 Å². The van der Waals surface area contributed by atoms with Crippen molar-refractivity contribution in [1.82, 2.24) is 5.32 Å². The molecule has 2 aromatic rings. The van der Waals surface area contributed by atoms with Gasteiger partial charge in [-0.25, -0.2) is 0 Å². The summed E-state index contributed by atoms with van der Waals surface area (Å²) < 4.78 is 30.7. The molecule has 0 bridgehead atoms. The standard InChI is InChI=1S/C16H16BrF2NO/c1-2-20-15(11-7-9-12(17)10-8-11)13-5-3-4-6-14(13)21-16(18)19/h3-10,15-16,20H,2H2,1H3. The van der Waals surface area contributed by atoms with Gasteiger partial charge in [-0.05, 0) is 30.3 Å². The first kappa shape index (κ1) is 15.9. The summed E-state index contributed by atoms with van der Waals surface area (Å²) in [4.78, 5) is 0. The normalized spacial score (nSPS) is 12.4. The highest BCUT2D eigenvalue weighted by Gasteiger charge is 2.19. The number of hydrogen-bond acceptors (Lipinski definition) is 2. The highest BCUT2D eigenvalue weighted by atomic mass is 79.9. The van der Waals surface area contributed by atoms with Crippen LogP contribution in [-0.4, -0.2) is 13.2 Å². The van der Waals surface area contributed by atoms with Crippen LogP contribution >= 0.6 is 15.9 Å². The van der Waals surface area contributed by atoms with Crippen LogP contribution in [0.25, 0.3) is 0 Å². The first-order valence-electron chi connectivity index (χ1n) is 6.64. The molecule has 1 N–H and O–H groups in total. The van der Waals surface area contributed by atoms with Gasteiger partial charge < -0.3 is 10.1 Å². The van der Waals surface area contributed by atoms with Crippen LogP contribution < -0.4 is 10.1 Å². The van der Waals surface area contributed by atoms with Crippen molar-refractivity contribution >= 4 is 15.9 Å². The molecule has 2 aromatic carbocycles. The minimum absolute atomic E-state index is 0.196. The molecule has 0 heterocycles. The predicted octanol–water partition coefficient (Wildman–Crippen LogP) is 4.75. The molecule has 112 valence electrons. The molecular weight excluding hydrogens is 340 g/mol. The van der Waals surface area contributed by atoms with Crippen molar-refractivity contribution in [2.45, 2.75) is 19.6 Å². The predicted molar refractivity (Wildman–Crippen MR) is 82.7 cm³/mol. The number of hydrogen-bond donors (Lipinski definition) is 1. The van der Waals surface area contributed by atoms with Gasteiger partial charge in [0.25, 0.3) is 0 Å². The maximum absolute atomic E-state index is 12.6. The molecule has 0 aromatic heterocycles. The SMILES string of the molecule is CCNC(c1ccc(Br)cc1)c1ccccc1OC(F)F. The van der Waals surface area contributed by atoms with E-state index in [0.717, 1.165) is 10.0 Å². The van der Waals surface area contributed by atoms with Crippen LogP contribution in [0.15, 0.2) is 53.0 Å². The Hall–Kier alpha value is -1.46. The molecule has 1 atom stereocenters. The van der Waals surface area contributed by atoms with Gasteiger partial charge in [-0.1, -0.05) is 53.2 Å². The van der Waals surface area contributed by atoms with Gasteiger partial charge in [0, 0.05) is 10.0 Å². The molecule has 0 spiro atoms.